The van der Waals surface area contributed by atoms with Crippen molar-refractivity contribution in [3.63, 3.8) is 0 Å². The predicted molar refractivity (Wildman–Crippen MR) is 79.0 cm³/mol. The zero-order chi connectivity index (χ0) is 14.8. The maximum Gasteiger partial charge on any atom is 0.221 e. The summed E-state index contributed by atoms with van der Waals surface area (Å²) in [6, 6.07) is 0.250. The van der Waals surface area contributed by atoms with Crippen molar-refractivity contribution in [2.24, 2.45) is 11.7 Å². The van der Waals surface area contributed by atoms with Crippen molar-refractivity contribution in [2.75, 3.05) is 33.4 Å². The smallest absolute Gasteiger partial charge is 0.221 e. The van der Waals surface area contributed by atoms with Crippen molar-refractivity contribution >= 4 is 5.91 Å². The lowest BCUT2D eigenvalue weighted by molar-refractivity contribution is -0.122. The molecule has 0 aliphatic rings. The van der Waals surface area contributed by atoms with Crippen molar-refractivity contribution in [3.8, 4) is 0 Å². The first-order valence-corrected chi connectivity index (χ1v) is 7.13. The molecule has 0 aromatic rings. The number of nitrogens with zero attached hydrogens (tertiary/aromatic N) is 1. The van der Waals surface area contributed by atoms with Crippen LogP contribution in [0.1, 0.15) is 34.1 Å². The molecule has 1 unspecified atom stereocenters. The molecule has 0 radical (unpaired) electrons. The summed E-state index contributed by atoms with van der Waals surface area (Å²) in [4.78, 5) is 14.1. The number of methoxy groups -OCH3 is 1. The van der Waals surface area contributed by atoms with E-state index in [2.05, 4.69) is 24.1 Å². The number of nitrogens with two attached hydrogens (primary N) is 1. The van der Waals surface area contributed by atoms with E-state index < -0.39 is 0 Å². The third kappa shape index (κ3) is 8.97. The Hall–Kier alpha value is -0.650. The maximum absolute atomic E-state index is 11.9. The largest absolute Gasteiger partial charge is 0.383 e. The summed E-state index contributed by atoms with van der Waals surface area (Å²) in [6.45, 7) is 11.2. The molecular formula is C14H31N3O2. The zero-order valence-electron chi connectivity index (χ0n) is 13.1. The number of carbonyl (C=O) groups is 1. The van der Waals surface area contributed by atoms with Crippen LogP contribution >= 0.6 is 0 Å². The second-order valence-electron chi connectivity index (χ2n) is 5.70. The van der Waals surface area contributed by atoms with Crippen LogP contribution in [-0.2, 0) is 9.53 Å². The van der Waals surface area contributed by atoms with Crippen LogP contribution in [0.2, 0.25) is 0 Å². The normalized spacial score (nSPS) is 13.3. The molecule has 0 aliphatic carbocycles. The van der Waals surface area contributed by atoms with Crippen LogP contribution in [0.15, 0.2) is 0 Å². The Labute approximate surface area is 117 Å². The first-order chi connectivity index (χ1) is 8.90. The van der Waals surface area contributed by atoms with Gasteiger partial charge in [0.25, 0.3) is 0 Å². The van der Waals surface area contributed by atoms with Crippen molar-refractivity contribution < 1.29 is 9.53 Å². The number of hydrogen-bond acceptors (Lipinski definition) is 4. The van der Waals surface area contributed by atoms with Gasteiger partial charge in [-0.05, 0) is 19.8 Å². The second kappa shape index (κ2) is 10.2. The van der Waals surface area contributed by atoms with E-state index in [-0.39, 0.29) is 18.0 Å². The third-order valence-corrected chi connectivity index (χ3v) is 2.84. The van der Waals surface area contributed by atoms with Gasteiger partial charge in [0.15, 0.2) is 0 Å². The number of nitrogens with one attached hydrogen (secondary N) is 1. The molecule has 1 atom stereocenters. The van der Waals surface area contributed by atoms with Crippen molar-refractivity contribution in [1.82, 2.24) is 10.2 Å². The third-order valence-electron chi connectivity index (χ3n) is 2.84. The molecule has 0 rings (SSSR count). The van der Waals surface area contributed by atoms with Gasteiger partial charge in [-0.1, -0.05) is 13.8 Å². The van der Waals surface area contributed by atoms with Crippen molar-refractivity contribution in [2.45, 2.75) is 46.2 Å². The fourth-order valence-electron chi connectivity index (χ4n) is 2.06. The van der Waals surface area contributed by atoms with E-state index in [0.29, 0.717) is 25.5 Å². The van der Waals surface area contributed by atoms with Crippen molar-refractivity contribution in [1.29, 1.82) is 0 Å². The minimum Gasteiger partial charge on any atom is -0.383 e. The molecule has 0 saturated carbocycles. The molecule has 19 heavy (non-hydrogen) atoms. The number of hydrogen-bond donors (Lipinski definition) is 2. The van der Waals surface area contributed by atoms with Crippen LogP contribution < -0.4 is 11.1 Å². The molecule has 0 aliphatic heterocycles. The average Bonchev–Trinajstić information content (AvgIpc) is 2.30. The van der Waals surface area contributed by atoms with Gasteiger partial charge in [-0.2, -0.15) is 0 Å². The quantitative estimate of drug-likeness (QED) is 0.619. The van der Waals surface area contributed by atoms with Crippen molar-refractivity contribution in [3.05, 3.63) is 0 Å². The maximum atomic E-state index is 11.9. The van der Waals surface area contributed by atoms with Gasteiger partial charge >= 0.3 is 0 Å². The Bertz CT molecular complexity index is 245. The number of carbonyl (C=O) groups excluding carboxylic acids is 1. The summed E-state index contributed by atoms with van der Waals surface area (Å²) < 4.78 is 5.14. The Morgan fingerprint density at radius 3 is 2.37 bits per heavy atom. The molecule has 0 aromatic carbocycles. The fourth-order valence-corrected chi connectivity index (χ4v) is 2.06. The summed E-state index contributed by atoms with van der Waals surface area (Å²) >= 11 is 0. The minimum absolute atomic E-state index is 0.0663. The molecule has 5 heteroatoms. The molecule has 0 fully saturated rings. The lowest BCUT2D eigenvalue weighted by atomic mass is 10.1. The molecule has 0 heterocycles. The topological polar surface area (TPSA) is 67.6 Å². The van der Waals surface area contributed by atoms with Crippen LogP contribution in [0.25, 0.3) is 0 Å². The van der Waals surface area contributed by atoms with Gasteiger partial charge in [-0.15, -0.1) is 0 Å². The lowest BCUT2D eigenvalue weighted by Gasteiger charge is -2.32. The Morgan fingerprint density at radius 1 is 1.32 bits per heavy atom. The fraction of sp³-hybridized carbons (Fsp3) is 0.929. The summed E-state index contributed by atoms with van der Waals surface area (Å²) in [5.74, 6) is 0.607. The van der Waals surface area contributed by atoms with Crippen LogP contribution in [0.3, 0.4) is 0 Å². The van der Waals surface area contributed by atoms with E-state index in [4.69, 9.17) is 10.5 Å². The summed E-state index contributed by atoms with van der Waals surface area (Å²) in [5.41, 5.74) is 5.84. The lowest BCUT2D eigenvalue weighted by Crippen LogP contribution is -2.47. The minimum atomic E-state index is 0.0663. The Kier molecular flexibility index (Phi) is 9.83. The van der Waals surface area contributed by atoms with Crippen LogP contribution in [0.5, 0.6) is 0 Å². The number of amides is 1. The van der Waals surface area contributed by atoms with Gasteiger partial charge in [-0.3, -0.25) is 9.69 Å². The van der Waals surface area contributed by atoms with Gasteiger partial charge in [0, 0.05) is 45.2 Å². The highest BCUT2D eigenvalue weighted by molar-refractivity contribution is 5.76. The van der Waals surface area contributed by atoms with Crippen LogP contribution in [-0.4, -0.2) is 56.2 Å². The monoisotopic (exact) mass is 273 g/mol. The predicted octanol–water partition coefficient (Wildman–Crippen LogP) is 0.833. The van der Waals surface area contributed by atoms with E-state index in [1.165, 1.54) is 0 Å². The van der Waals surface area contributed by atoms with Crippen LogP contribution in [0, 0.1) is 5.92 Å². The average molecular weight is 273 g/mol. The first kappa shape index (κ1) is 18.4. The highest BCUT2D eigenvalue weighted by Crippen LogP contribution is 2.08. The molecule has 3 N–H and O–H groups in total. The molecular weight excluding hydrogens is 242 g/mol. The highest BCUT2D eigenvalue weighted by Gasteiger charge is 2.21. The SMILES string of the molecule is COCCN(CC(C)C)C(CN)CC(=O)NC(C)C. The zero-order valence-corrected chi connectivity index (χ0v) is 13.1. The van der Waals surface area contributed by atoms with E-state index in [1.54, 1.807) is 7.11 Å². The van der Waals surface area contributed by atoms with Gasteiger partial charge in [0.1, 0.15) is 0 Å². The van der Waals surface area contributed by atoms with Gasteiger partial charge in [-0.25, -0.2) is 0 Å². The summed E-state index contributed by atoms with van der Waals surface area (Å²) in [6.07, 6.45) is 0.450. The standard InChI is InChI=1S/C14H31N3O2/c1-11(2)10-17(6-7-19-5)13(9-15)8-14(18)16-12(3)4/h11-13H,6-10,15H2,1-5H3,(H,16,18). The van der Waals surface area contributed by atoms with Gasteiger partial charge in [0.05, 0.1) is 6.61 Å². The molecule has 0 bridgehead atoms. The molecule has 0 saturated heterocycles. The van der Waals surface area contributed by atoms with Gasteiger partial charge in [0.2, 0.25) is 5.91 Å². The number of rotatable bonds is 10. The van der Waals surface area contributed by atoms with E-state index >= 15 is 0 Å². The number of ether oxygens (including phenoxy) is 1. The van der Waals surface area contributed by atoms with Crippen LogP contribution in [0.4, 0.5) is 0 Å². The van der Waals surface area contributed by atoms with Gasteiger partial charge < -0.3 is 15.8 Å². The molecule has 114 valence electrons. The molecule has 0 aromatic heterocycles. The second-order valence-corrected chi connectivity index (χ2v) is 5.70. The van der Waals surface area contributed by atoms with E-state index in [9.17, 15) is 4.79 Å². The Morgan fingerprint density at radius 2 is 1.95 bits per heavy atom. The first-order valence-electron chi connectivity index (χ1n) is 7.13. The molecule has 5 nitrogen and oxygen atoms in total. The molecule has 0 spiro atoms. The summed E-state index contributed by atoms with van der Waals surface area (Å²) in [5, 5.41) is 2.92. The Balaban J connectivity index is 4.49. The summed E-state index contributed by atoms with van der Waals surface area (Å²) in [7, 11) is 1.69. The van der Waals surface area contributed by atoms with E-state index in [1.807, 2.05) is 13.8 Å². The molecule has 1 amide bonds. The van der Waals surface area contributed by atoms with E-state index in [0.717, 1.165) is 13.1 Å². The highest BCUT2D eigenvalue weighted by atomic mass is 16.5.